The Morgan fingerprint density at radius 2 is 2.00 bits per heavy atom. The molecular weight excluding hydrogens is 166 g/mol. The third-order valence-corrected chi connectivity index (χ3v) is 2.23. The van der Waals surface area contributed by atoms with Gasteiger partial charge in [-0.2, -0.15) is 0 Å². The van der Waals surface area contributed by atoms with E-state index >= 15 is 0 Å². The fourth-order valence-corrected chi connectivity index (χ4v) is 1.43. The van der Waals surface area contributed by atoms with E-state index in [1.807, 2.05) is 0 Å². The van der Waals surface area contributed by atoms with Crippen LogP contribution in [0.2, 0.25) is 0 Å². The van der Waals surface area contributed by atoms with Crippen LogP contribution in [0.3, 0.4) is 0 Å². The van der Waals surface area contributed by atoms with Crippen molar-refractivity contribution in [3.05, 3.63) is 6.92 Å². The van der Waals surface area contributed by atoms with Gasteiger partial charge in [0.25, 0.3) is 0 Å². The number of ether oxygens (including phenoxy) is 1. The second-order valence-corrected chi connectivity index (χ2v) is 3.37. The smallest absolute Gasteiger partial charge is 0.409 e. The maximum absolute atomic E-state index is 11.4. The molecule has 1 heterocycles. The molecule has 1 aliphatic heterocycles. The minimum atomic E-state index is -0.145. The molecule has 0 aliphatic carbocycles. The van der Waals surface area contributed by atoms with Gasteiger partial charge in [0.15, 0.2) is 0 Å². The first kappa shape index (κ1) is 10.4. The molecule has 0 bridgehead atoms. The molecule has 0 saturated carbocycles. The molecule has 1 radical (unpaired) electrons. The zero-order valence-corrected chi connectivity index (χ0v) is 8.13. The van der Waals surface area contributed by atoms with Crippen molar-refractivity contribution in [2.24, 2.45) is 0 Å². The largest absolute Gasteiger partial charge is 0.449 e. The van der Waals surface area contributed by atoms with Crippen LogP contribution in [0.15, 0.2) is 0 Å². The number of hydrogen-bond donors (Lipinski definition) is 0. The average molecular weight is 184 g/mol. The van der Waals surface area contributed by atoms with Crippen molar-refractivity contribution in [2.45, 2.75) is 32.1 Å². The van der Waals surface area contributed by atoms with Gasteiger partial charge in [-0.15, -0.1) is 0 Å². The van der Waals surface area contributed by atoms with Crippen molar-refractivity contribution in [2.75, 3.05) is 19.7 Å². The SMILES string of the molecule is [CH2]CCCOC(=O)N1CCCCC1. The predicted molar refractivity (Wildman–Crippen MR) is 51.4 cm³/mol. The number of carbonyl (C=O) groups excluding carboxylic acids is 1. The maximum Gasteiger partial charge on any atom is 0.409 e. The van der Waals surface area contributed by atoms with Gasteiger partial charge in [-0.05, 0) is 25.7 Å². The van der Waals surface area contributed by atoms with Crippen LogP contribution in [0.4, 0.5) is 4.79 Å². The summed E-state index contributed by atoms with van der Waals surface area (Å²) < 4.78 is 5.07. The highest BCUT2D eigenvalue weighted by Crippen LogP contribution is 2.09. The van der Waals surface area contributed by atoms with Crippen LogP contribution in [0.1, 0.15) is 32.1 Å². The molecule has 1 amide bonds. The number of unbranched alkanes of at least 4 members (excludes halogenated alkanes) is 1. The highest BCUT2D eigenvalue weighted by atomic mass is 16.6. The standard InChI is InChI=1S/C10H18NO2/c1-2-3-9-13-10(12)11-7-5-4-6-8-11/h1-9H2. The molecule has 1 rings (SSSR count). The van der Waals surface area contributed by atoms with Crippen molar-refractivity contribution >= 4 is 6.09 Å². The topological polar surface area (TPSA) is 29.5 Å². The molecule has 3 heteroatoms. The molecule has 1 fully saturated rings. The molecule has 75 valence electrons. The number of piperidine rings is 1. The van der Waals surface area contributed by atoms with Crippen LogP contribution in [0.25, 0.3) is 0 Å². The molecule has 0 spiro atoms. The van der Waals surface area contributed by atoms with Crippen molar-refractivity contribution < 1.29 is 9.53 Å². The Balaban J connectivity index is 2.13. The number of amides is 1. The fourth-order valence-electron chi connectivity index (χ4n) is 1.43. The number of hydrogen-bond acceptors (Lipinski definition) is 2. The molecule has 0 aromatic heterocycles. The van der Waals surface area contributed by atoms with E-state index < -0.39 is 0 Å². The summed E-state index contributed by atoms with van der Waals surface area (Å²) in [5.74, 6) is 0. The normalized spacial score (nSPS) is 17.2. The van der Waals surface area contributed by atoms with E-state index in [0.29, 0.717) is 6.61 Å². The third kappa shape index (κ3) is 3.66. The quantitative estimate of drug-likeness (QED) is 0.629. The van der Waals surface area contributed by atoms with Crippen LogP contribution in [0.5, 0.6) is 0 Å². The highest BCUT2D eigenvalue weighted by Gasteiger charge is 2.16. The van der Waals surface area contributed by atoms with Crippen molar-refractivity contribution in [3.8, 4) is 0 Å². The lowest BCUT2D eigenvalue weighted by Gasteiger charge is -2.25. The summed E-state index contributed by atoms with van der Waals surface area (Å²) in [5.41, 5.74) is 0. The van der Waals surface area contributed by atoms with E-state index in [-0.39, 0.29) is 6.09 Å². The average Bonchev–Trinajstić information content (AvgIpc) is 2.19. The Kier molecular flexibility index (Phi) is 4.65. The highest BCUT2D eigenvalue weighted by molar-refractivity contribution is 5.67. The summed E-state index contributed by atoms with van der Waals surface area (Å²) in [6.07, 6.45) is 5.01. The lowest BCUT2D eigenvalue weighted by Crippen LogP contribution is -2.36. The van der Waals surface area contributed by atoms with E-state index in [1.54, 1.807) is 4.90 Å². The zero-order valence-electron chi connectivity index (χ0n) is 8.13. The predicted octanol–water partition coefficient (Wildman–Crippen LogP) is 2.22. The molecule has 0 unspecified atom stereocenters. The zero-order chi connectivity index (χ0) is 9.52. The number of rotatable bonds is 3. The van der Waals surface area contributed by atoms with Gasteiger partial charge >= 0.3 is 6.09 Å². The summed E-state index contributed by atoms with van der Waals surface area (Å²) in [7, 11) is 0. The van der Waals surface area contributed by atoms with Crippen molar-refractivity contribution in [1.82, 2.24) is 4.90 Å². The lowest BCUT2D eigenvalue weighted by molar-refractivity contribution is 0.0944. The molecule has 0 N–H and O–H groups in total. The van der Waals surface area contributed by atoms with Gasteiger partial charge in [-0.3, -0.25) is 0 Å². The van der Waals surface area contributed by atoms with E-state index in [4.69, 9.17) is 4.74 Å². The minimum Gasteiger partial charge on any atom is -0.449 e. The molecular formula is C10H18NO2. The molecule has 3 nitrogen and oxygen atoms in total. The minimum absolute atomic E-state index is 0.145. The summed E-state index contributed by atoms with van der Waals surface area (Å²) in [4.78, 5) is 13.2. The second-order valence-electron chi connectivity index (χ2n) is 3.37. The van der Waals surface area contributed by atoms with Crippen LogP contribution in [-0.2, 0) is 4.74 Å². The Morgan fingerprint density at radius 3 is 2.62 bits per heavy atom. The van der Waals surface area contributed by atoms with E-state index in [1.165, 1.54) is 6.42 Å². The number of carbonyl (C=O) groups is 1. The van der Waals surface area contributed by atoms with Gasteiger partial charge in [0.2, 0.25) is 0 Å². The van der Waals surface area contributed by atoms with Crippen molar-refractivity contribution in [3.63, 3.8) is 0 Å². The van der Waals surface area contributed by atoms with Gasteiger partial charge in [0.1, 0.15) is 0 Å². The van der Waals surface area contributed by atoms with Gasteiger partial charge in [0, 0.05) is 13.1 Å². The van der Waals surface area contributed by atoms with Crippen LogP contribution < -0.4 is 0 Å². The first-order valence-corrected chi connectivity index (χ1v) is 5.05. The first-order valence-electron chi connectivity index (χ1n) is 5.05. The maximum atomic E-state index is 11.4. The Labute approximate surface area is 80.1 Å². The Bertz CT molecular complexity index is 153. The Morgan fingerprint density at radius 1 is 1.31 bits per heavy atom. The van der Waals surface area contributed by atoms with Crippen molar-refractivity contribution in [1.29, 1.82) is 0 Å². The third-order valence-electron chi connectivity index (χ3n) is 2.23. The summed E-state index contributed by atoms with van der Waals surface area (Å²) >= 11 is 0. The van der Waals surface area contributed by atoms with Gasteiger partial charge in [0.05, 0.1) is 6.61 Å². The van der Waals surface area contributed by atoms with Gasteiger partial charge in [-0.1, -0.05) is 13.3 Å². The van der Waals surface area contributed by atoms with E-state index in [0.717, 1.165) is 38.8 Å². The Hall–Kier alpha value is -0.730. The molecule has 1 aliphatic rings. The van der Waals surface area contributed by atoms with E-state index in [2.05, 4.69) is 6.92 Å². The first-order chi connectivity index (χ1) is 6.34. The molecule has 0 aromatic carbocycles. The van der Waals surface area contributed by atoms with Crippen LogP contribution in [0, 0.1) is 6.92 Å². The van der Waals surface area contributed by atoms with E-state index in [9.17, 15) is 4.79 Å². The monoisotopic (exact) mass is 184 g/mol. The number of likely N-dealkylation sites (tertiary alicyclic amines) is 1. The second kappa shape index (κ2) is 5.84. The summed E-state index contributed by atoms with van der Waals surface area (Å²) in [5, 5.41) is 0. The van der Waals surface area contributed by atoms with Crippen LogP contribution >= 0.6 is 0 Å². The van der Waals surface area contributed by atoms with Gasteiger partial charge in [-0.25, -0.2) is 4.79 Å². The molecule has 1 saturated heterocycles. The number of nitrogens with zero attached hydrogens (tertiary/aromatic N) is 1. The van der Waals surface area contributed by atoms with Crippen LogP contribution in [-0.4, -0.2) is 30.7 Å². The lowest BCUT2D eigenvalue weighted by atomic mass is 10.1. The molecule has 0 atom stereocenters. The summed E-state index contributed by atoms with van der Waals surface area (Å²) in [6, 6.07) is 0. The molecule has 0 aromatic rings. The molecule has 13 heavy (non-hydrogen) atoms. The summed E-state index contributed by atoms with van der Waals surface area (Å²) in [6.45, 7) is 5.93. The van der Waals surface area contributed by atoms with Gasteiger partial charge < -0.3 is 9.64 Å². The fraction of sp³-hybridized carbons (Fsp3) is 0.800.